The van der Waals surface area contributed by atoms with Crippen molar-refractivity contribution in [1.82, 2.24) is 4.98 Å². The van der Waals surface area contributed by atoms with Gasteiger partial charge >= 0.3 is 0 Å². The molecule has 0 aliphatic carbocycles. The number of nitrogens with two attached hydrogens (primary N) is 2. The quantitative estimate of drug-likeness (QED) is 0.766. The number of anilines is 1. The molecule has 6 heteroatoms. The zero-order valence-electron chi connectivity index (χ0n) is 10.7. The number of para-hydroxylation sites is 1. The Hall–Kier alpha value is -2.73. The maximum atomic E-state index is 12.0. The third-order valence-corrected chi connectivity index (χ3v) is 2.73. The third kappa shape index (κ3) is 2.99. The zero-order valence-corrected chi connectivity index (χ0v) is 10.7. The molecular formula is C14H14N4O2. The second-order valence-electron chi connectivity index (χ2n) is 4.12. The van der Waals surface area contributed by atoms with Crippen LogP contribution in [0, 0.1) is 0 Å². The standard InChI is InChI=1S/C14H14N4O2/c15-7-9-5-6-12(17-8-9)14(20)18-11-4-2-1-3-10(11)13(16)19/h1-6,8H,7,15H2,(H2,16,19)(H,18,20). The summed E-state index contributed by atoms with van der Waals surface area (Å²) < 4.78 is 0. The number of carbonyl (C=O) groups excluding carboxylic acids is 2. The van der Waals surface area contributed by atoms with Crippen LogP contribution in [-0.4, -0.2) is 16.8 Å². The van der Waals surface area contributed by atoms with Gasteiger partial charge in [-0.05, 0) is 23.8 Å². The van der Waals surface area contributed by atoms with Crippen LogP contribution >= 0.6 is 0 Å². The highest BCUT2D eigenvalue weighted by atomic mass is 16.2. The van der Waals surface area contributed by atoms with Gasteiger partial charge in [-0.1, -0.05) is 18.2 Å². The molecule has 1 aromatic heterocycles. The SMILES string of the molecule is NCc1ccc(C(=O)Nc2ccccc2C(N)=O)nc1. The Labute approximate surface area is 115 Å². The molecule has 0 unspecified atom stereocenters. The van der Waals surface area contributed by atoms with Crippen LogP contribution in [0.25, 0.3) is 0 Å². The topological polar surface area (TPSA) is 111 Å². The average molecular weight is 270 g/mol. The highest BCUT2D eigenvalue weighted by Crippen LogP contribution is 2.15. The van der Waals surface area contributed by atoms with E-state index >= 15 is 0 Å². The van der Waals surface area contributed by atoms with Gasteiger partial charge in [-0.3, -0.25) is 14.6 Å². The number of nitrogens with zero attached hydrogens (tertiary/aromatic N) is 1. The summed E-state index contributed by atoms with van der Waals surface area (Å²) in [5, 5.41) is 2.61. The van der Waals surface area contributed by atoms with Crippen LogP contribution in [0.1, 0.15) is 26.4 Å². The average Bonchev–Trinajstić information content (AvgIpc) is 2.47. The second kappa shape index (κ2) is 5.94. The second-order valence-corrected chi connectivity index (χ2v) is 4.12. The molecule has 0 spiro atoms. The number of amides is 2. The molecule has 2 aromatic rings. The Balaban J connectivity index is 2.21. The van der Waals surface area contributed by atoms with Crippen molar-refractivity contribution in [2.45, 2.75) is 6.54 Å². The summed E-state index contributed by atoms with van der Waals surface area (Å²) in [6, 6.07) is 9.82. The predicted molar refractivity (Wildman–Crippen MR) is 75.0 cm³/mol. The maximum Gasteiger partial charge on any atom is 0.274 e. The van der Waals surface area contributed by atoms with Gasteiger partial charge in [0.1, 0.15) is 5.69 Å². The molecule has 102 valence electrons. The zero-order chi connectivity index (χ0) is 14.5. The van der Waals surface area contributed by atoms with E-state index in [-0.39, 0.29) is 11.3 Å². The first-order chi connectivity index (χ1) is 9.61. The molecule has 0 atom stereocenters. The summed E-state index contributed by atoms with van der Waals surface area (Å²) in [4.78, 5) is 27.3. The number of carbonyl (C=O) groups is 2. The van der Waals surface area contributed by atoms with Crippen molar-refractivity contribution in [2.75, 3.05) is 5.32 Å². The number of pyridine rings is 1. The minimum absolute atomic E-state index is 0.237. The minimum atomic E-state index is -0.604. The number of aromatic nitrogens is 1. The minimum Gasteiger partial charge on any atom is -0.366 e. The summed E-state index contributed by atoms with van der Waals surface area (Å²) in [6.07, 6.45) is 1.54. The summed E-state index contributed by atoms with van der Waals surface area (Å²) in [5.41, 5.74) is 12.4. The monoisotopic (exact) mass is 270 g/mol. The molecule has 0 aliphatic heterocycles. The van der Waals surface area contributed by atoms with Crippen molar-refractivity contribution in [2.24, 2.45) is 11.5 Å². The number of hydrogen-bond donors (Lipinski definition) is 3. The maximum absolute atomic E-state index is 12.0. The van der Waals surface area contributed by atoms with E-state index in [9.17, 15) is 9.59 Å². The van der Waals surface area contributed by atoms with Crippen LogP contribution in [0.15, 0.2) is 42.6 Å². The van der Waals surface area contributed by atoms with Crippen molar-refractivity contribution in [3.8, 4) is 0 Å². The van der Waals surface area contributed by atoms with E-state index in [2.05, 4.69) is 10.3 Å². The number of hydrogen-bond acceptors (Lipinski definition) is 4. The lowest BCUT2D eigenvalue weighted by molar-refractivity contribution is 0.100. The lowest BCUT2D eigenvalue weighted by Crippen LogP contribution is -2.19. The van der Waals surface area contributed by atoms with E-state index < -0.39 is 11.8 Å². The lowest BCUT2D eigenvalue weighted by atomic mass is 10.1. The Morgan fingerprint density at radius 2 is 1.90 bits per heavy atom. The van der Waals surface area contributed by atoms with Gasteiger partial charge in [0.2, 0.25) is 0 Å². The molecule has 0 radical (unpaired) electrons. The Morgan fingerprint density at radius 3 is 2.50 bits per heavy atom. The first kappa shape index (κ1) is 13.7. The summed E-state index contributed by atoms with van der Waals surface area (Å²) in [6.45, 7) is 0.361. The van der Waals surface area contributed by atoms with Crippen LogP contribution in [0.2, 0.25) is 0 Å². The fraction of sp³-hybridized carbons (Fsp3) is 0.0714. The van der Waals surface area contributed by atoms with Gasteiger partial charge in [0.05, 0.1) is 11.3 Å². The molecule has 0 aliphatic rings. The molecule has 0 fully saturated rings. The van der Waals surface area contributed by atoms with E-state index in [1.165, 1.54) is 6.20 Å². The van der Waals surface area contributed by atoms with Crippen LogP contribution in [0.5, 0.6) is 0 Å². The van der Waals surface area contributed by atoms with Crippen molar-refractivity contribution in [3.63, 3.8) is 0 Å². The molecule has 1 heterocycles. The molecule has 0 saturated heterocycles. The number of primary amides is 1. The molecule has 20 heavy (non-hydrogen) atoms. The summed E-state index contributed by atoms with van der Waals surface area (Å²) in [5.74, 6) is -1.02. The van der Waals surface area contributed by atoms with E-state index in [0.717, 1.165) is 5.56 Å². The largest absolute Gasteiger partial charge is 0.366 e. The van der Waals surface area contributed by atoms with Crippen LogP contribution < -0.4 is 16.8 Å². The molecule has 2 rings (SSSR count). The lowest BCUT2D eigenvalue weighted by Gasteiger charge is -2.08. The fourth-order valence-electron chi connectivity index (χ4n) is 1.67. The Morgan fingerprint density at radius 1 is 1.15 bits per heavy atom. The number of benzene rings is 1. The normalized spacial score (nSPS) is 10.1. The van der Waals surface area contributed by atoms with E-state index in [0.29, 0.717) is 12.2 Å². The van der Waals surface area contributed by atoms with Crippen molar-refractivity contribution in [1.29, 1.82) is 0 Å². The van der Waals surface area contributed by atoms with E-state index in [1.807, 2.05) is 0 Å². The highest BCUT2D eigenvalue weighted by Gasteiger charge is 2.12. The van der Waals surface area contributed by atoms with Gasteiger partial charge in [-0.15, -0.1) is 0 Å². The molecule has 5 N–H and O–H groups in total. The fourth-order valence-corrected chi connectivity index (χ4v) is 1.67. The molecule has 0 saturated carbocycles. The predicted octanol–water partition coefficient (Wildman–Crippen LogP) is 0.891. The Kier molecular flexibility index (Phi) is 4.07. The Bertz CT molecular complexity index is 638. The third-order valence-electron chi connectivity index (χ3n) is 2.73. The first-order valence-corrected chi connectivity index (χ1v) is 5.97. The molecular weight excluding hydrogens is 256 g/mol. The smallest absolute Gasteiger partial charge is 0.274 e. The van der Waals surface area contributed by atoms with Gasteiger partial charge in [0.25, 0.3) is 11.8 Å². The number of nitrogens with one attached hydrogen (secondary N) is 1. The van der Waals surface area contributed by atoms with Crippen LogP contribution in [0.4, 0.5) is 5.69 Å². The van der Waals surface area contributed by atoms with Crippen molar-refractivity contribution in [3.05, 3.63) is 59.4 Å². The molecule has 2 amide bonds. The van der Waals surface area contributed by atoms with Crippen LogP contribution in [0.3, 0.4) is 0 Å². The summed E-state index contributed by atoms with van der Waals surface area (Å²) >= 11 is 0. The van der Waals surface area contributed by atoms with Gasteiger partial charge in [-0.2, -0.15) is 0 Å². The van der Waals surface area contributed by atoms with Crippen molar-refractivity contribution >= 4 is 17.5 Å². The first-order valence-electron chi connectivity index (χ1n) is 5.97. The highest BCUT2D eigenvalue weighted by molar-refractivity contribution is 6.07. The van der Waals surface area contributed by atoms with E-state index in [1.54, 1.807) is 36.4 Å². The van der Waals surface area contributed by atoms with Gasteiger partial charge < -0.3 is 16.8 Å². The van der Waals surface area contributed by atoms with Gasteiger partial charge in [0.15, 0.2) is 0 Å². The van der Waals surface area contributed by atoms with Gasteiger partial charge in [0, 0.05) is 12.7 Å². The van der Waals surface area contributed by atoms with Crippen molar-refractivity contribution < 1.29 is 9.59 Å². The van der Waals surface area contributed by atoms with E-state index in [4.69, 9.17) is 11.5 Å². The molecule has 6 nitrogen and oxygen atoms in total. The van der Waals surface area contributed by atoms with Crippen LogP contribution in [-0.2, 0) is 6.54 Å². The summed E-state index contributed by atoms with van der Waals surface area (Å²) in [7, 11) is 0. The molecule has 1 aromatic carbocycles. The number of rotatable bonds is 4. The molecule has 0 bridgehead atoms. The van der Waals surface area contributed by atoms with Gasteiger partial charge in [-0.25, -0.2) is 0 Å².